The van der Waals surface area contributed by atoms with Crippen molar-refractivity contribution in [2.45, 2.75) is 138 Å². The summed E-state index contributed by atoms with van der Waals surface area (Å²) >= 11 is 0. The molecule has 0 aromatic carbocycles. The summed E-state index contributed by atoms with van der Waals surface area (Å²) in [7, 11) is 0. The topological polar surface area (TPSA) is 87.7 Å². The van der Waals surface area contributed by atoms with Gasteiger partial charge in [0.25, 0.3) is 5.97 Å². The zero-order valence-corrected chi connectivity index (χ0v) is 28.8. The molecule has 43 heavy (non-hydrogen) atoms. The molecule has 3 saturated carbocycles. The highest BCUT2D eigenvalue weighted by atomic mass is 16.5. The minimum atomic E-state index is -0.833. The molecule has 0 bridgehead atoms. The van der Waals surface area contributed by atoms with Crippen LogP contribution in [-0.4, -0.2) is 49.3 Å². The second kappa shape index (κ2) is 16.8. The zero-order chi connectivity index (χ0) is 31.6. The third-order valence-corrected chi connectivity index (χ3v) is 12.0. The van der Waals surface area contributed by atoms with Gasteiger partial charge in [0.2, 0.25) is 0 Å². The highest BCUT2D eigenvalue weighted by Crippen LogP contribution is 2.67. The Kier molecular flexibility index (Phi) is 14.1. The minimum absolute atomic E-state index is 0.0698. The van der Waals surface area contributed by atoms with Crippen molar-refractivity contribution in [2.24, 2.45) is 46.3 Å². The summed E-state index contributed by atoms with van der Waals surface area (Å²) in [6.45, 7) is 19.1. The lowest BCUT2D eigenvalue weighted by atomic mass is 9.47. The van der Waals surface area contributed by atoms with Gasteiger partial charge in [-0.3, -0.25) is 9.59 Å². The number of allylic oxidation sites excluding steroid dienone is 1. The number of esters is 1. The van der Waals surface area contributed by atoms with Gasteiger partial charge in [0, 0.05) is 13.3 Å². The minimum Gasteiger partial charge on any atom is -0.481 e. The lowest BCUT2D eigenvalue weighted by molar-refractivity contribution is -0.150. The third kappa shape index (κ3) is 9.55. The van der Waals surface area contributed by atoms with Crippen LogP contribution < -0.4 is 10.6 Å². The molecular formula is C37H66N2O4. The third-order valence-electron chi connectivity index (χ3n) is 12.0. The van der Waals surface area contributed by atoms with Crippen molar-refractivity contribution in [3.63, 3.8) is 0 Å². The SMILES string of the molecule is CC(=O)O.CCNCCCCNCC(=O)OC1CC[C@@]2(C)C(=CCC3C2CC[C@@]2(C)C3CC[C@@H]2[C@H](C)CCCC(C)C)C1. The number of nitrogens with one attached hydrogen (secondary N) is 2. The number of fused-ring (bicyclic) bond motifs is 5. The van der Waals surface area contributed by atoms with Gasteiger partial charge in [-0.05, 0) is 124 Å². The number of rotatable bonds is 14. The fourth-order valence-electron chi connectivity index (χ4n) is 9.85. The summed E-state index contributed by atoms with van der Waals surface area (Å²) in [6.07, 6.45) is 19.3. The molecule has 0 radical (unpaired) electrons. The molecule has 3 N–H and O–H groups in total. The van der Waals surface area contributed by atoms with Gasteiger partial charge in [-0.2, -0.15) is 0 Å². The maximum Gasteiger partial charge on any atom is 0.320 e. The van der Waals surface area contributed by atoms with Crippen LogP contribution in [0, 0.1) is 46.3 Å². The lowest BCUT2D eigenvalue weighted by Crippen LogP contribution is -2.51. The Labute approximate surface area is 264 Å². The molecule has 0 aromatic rings. The highest BCUT2D eigenvalue weighted by molar-refractivity contribution is 5.71. The Bertz CT molecular complexity index is 914. The van der Waals surface area contributed by atoms with Crippen molar-refractivity contribution >= 4 is 11.9 Å². The van der Waals surface area contributed by atoms with E-state index < -0.39 is 5.97 Å². The van der Waals surface area contributed by atoms with Gasteiger partial charge >= 0.3 is 5.97 Å². The maximum atomic E-state index is 12.5. The molecule has 4 rings (SSSR count). The number of hydrogen-bond donors (Lipinski definition) is 3. The van der Waals surface area contributed by atoms with Crippen LogP contribution in [0.2, 0.25) is 0 Å². The molecule has 6 heteroatoms. The van der Waals surface area contributed by atoms with Gasteiger partial charge in [0.1, 0.15) is 6.10 Å². The van der Waals surface area contributed by atoms with Crippen LogP contribution in [0.5, 0.6) is 0 Å². The number of aliphatic carboxylic acids is 1. The Morgan fingerprint density at radius 3 is 2.35 bits per heavy atom. The molecule has 4 aliphatic carbocycles. The van der Waals surface area contributed by atoms with E-state index in [1.807, 2.05) is 0 Å². The van der Waals surface area contributed by atoms with Gasteiger partial charge in [-0.25, -0.2) is 0 Å². The molecule has 0 saturated heterocycles. The molecule has 0 spiro atoms. The number of hydrogen-bond acceptors (Lipinski definition) is 5. The highest BCUT2D eigenvalue weighted by Gasteiger charge is 2.59. The summed E-state index contributed by atoms with van der Waals surface area (Å²) in [5.41, 5.74) is 2.48. The monoisotopic (exact) mass is 603 g/mol. The molecule has 0 aliphatic heterocycles. The second-order valence-corrected chi connectivity index (χ2v) is 15.4. The van der Waals surface area contributed by atoms with Crippen LogP contribution >= 0.6 is 0 Å². The van der Waals surface area contributed by atoms with Crippen LogP contribution in [0.4, 0.5) is 0 Å². The largest absolute Gasteiger partial charge is 0.481 e. The predicted octanol–water partition coefficient (Wildman–Crippen LogP) is 8.01. The summed E-state index contributed by atoms with van der Waals surface area (Å²) in [6, 6.07) is 0. The van der Waals surface area contributed by atoms with E-state index >= 15 is 0 Å². The van der Waals surface area contributed by atoms with Gasteiger partial charge in [-0.1, -0.05) is 72.5 Å². The van der Waals surface area contributed by atoms with E-state index in [1.54, 1.807) is 5.57 Å². The van der Waals surface area contributed by atoms with Gasteiger partial charge in [0.15, 0.2) is 0 Å². The van der Waals surface area contributed by atoms with E-state index in [0.717, 1.165) is 87.7 Å². The van der Waals surface area contributed by atoms with Crippen LogP contribution in [-0.2, 0) is 14.3 Å². The molecule has 4 unspecified atom stereocenters. The average molecular weight is 603 g/mol. The summed E-state index contributed by atoms with van der Waals surface area (Å²) in [5.74, 6) is 4.32. The Hall–Kier alpha value is -1.40. The summed E-state index contributed by atoms with van der Waals surface area (Å²) < 4.78 is 5.98. The van der Waals surface area contributed by atoms with E-state index in [0.29, 0.717) is 17.4 Å². The predicted molar refractivity (Wildman–Crippen MR) is 177 cm³/mol. The number of carboxylic acids is 1. The quantitative estimate of drug-likeness (QED) is 0.106. The Balaban J connectivity index is 0.00000119. The van der Waals surface area contributed by atoms with E-state index in [-0.39, 0.29) is 12.1 Å². The van der Waals surface area contributed by atoms with Crippen LogP contribution in [0.3, 0.4) is 0 Å². The van der Waals surface area contributed by atoms with Crippen molar-refractivity contribution in [1.82, 2.24) is 10.6 Å². The van der Waals surface area contributed by atoms with Crippen molar-refractivity contribution < 1.29 is 19.4 Å². The fourth-order valence-corrected chi connectivity index (χ4v) is 9.85. The first-order valence-corrected chi connectivity index (χ1v) is 17.9. The van der Waals surface area contributed by atoms with Gasteiger partial charge in [0.05, 0.1) is 6.54 Å². The molecule has 0 heterocycles. The van der Waals surface area contributed by atoms with E-state index in [9.17, 15) is 4.79 Å². The standard InChI is InChI=1S/C35H62N2O2.C2H4O2/c1-7-36-21-8-9-22-37-24-33(38)39-28-17-19-34(5)27(23-28)13-14-29-31-16-15-30(26(4)12-10-11-25(2)3)35(31,6)20-18-32(29)34;1-2(3)4/h13,25-26,28-32,36-37H,7-12,14-24H2,1-6H3;1H3,(H,3,4)/t26-,28?,29?,30-,31?,32?,34+,35-;/m1./s1. The van der Waals surface area contributed by atoms with Crippen LogP contribution in [0.15, 0.2) is 11.6 Å². The van der Waals surface area contributed by atoms with Crippen LogP contribution in [0.1, 0.15) is 132 Å². The van der Waals surface area contributed by atoms with Crippen molar-refractivity contribution in [3.8, 4) is 0 Å². The molecule has 4 aliphatic rings. The number of ether oxygens (including phenoxy) is 1. The van der Waals surface area contributed by atoms with E-state index in [2.05, 4.69) is 58.3 Å². The van der Waals surface area contributed by atoms with E-state index in [1.165, 1.54) is 57.8 Å². The molecule has 0 amide bonds. The van der Waals surface area contributed by atoms with Crippen molar-refractivity contribution in [1.29, 1.82) is 0 Å². The normalized spacial score (nSPS) is 33.8. The summed E-state index contributed by atoms with van der Waals surface area (Å²) in [4.78, 5) is 21.5. The molecular weight excluding hydrogens is 536 g/mol. The van der Waals surface area contributed by atoms with Gasteiger partial charge < -0.3 is 20.5 Å². The lowest BCUT2D eigenvalue weighted by Gasteiger charge is -2.58. The smallest absolute Gasteiger partial charge is 0.320 e. The van der Waals surface area contributed by atoms with Crippen molar-refractivity contribution in [3.05, 3.63) is 11.6 Å². The Morgan fingerprint density at radius 1 is 0.977 bits per heavy atom. The molecule has 6 nitrogen and oxygen atoms in total. The second-order valence-electron chi connectivity index (χ2n) is 15.4. The fraction of sp³-hybridized carbons (Fsp3) is 0.892. The molecule has 248 valence electrons. The van der Waals surface area contributed by atoms with Crippen molar-refractivity contribution in [2.75, 3.05) is 26.2 Å². The first kappa shape index (κ1) is 36.1. The number of carbonyl (C=O) groups is 2. The first-order chi connectivity index (χ1) is 20.4. The van der Waals surface area contributed by atoms with E-state index in [4.69, 9.17) is 14.6 Å². The molecule has 8 atom stereocenters. The molecule has 0 aromatic heterocycles. The van der Waals surface area contributed by atoms with Gasteiger partial charge in [-0.15, -0.1) is 0 Å². The number of carboxylic acid groups (broad SMARTS) is 1. The zero-order valence-electron chi connectivity index (χ0n) is 28.8. The first-order valence-electron chi connectivity index (χ1n) is 17.9. The maximum absolute atomic E-state index is 12.5. The Morgan fingerprint density at radius 2 is 1.67 bits per heavy atom. The summed E-state index contributed by atoms with van der Waals surface area (Å²) in [5, 5.41) is 14.1. The number of carbonyl (C=O) groups excluding carboxylic acids is 1. The number of unbranched alkanes of at least 4 members (excludes halogenated alkanes) is 1. The average Bonchev–Trinajstić information content (AvgIpc) is 3.29. The van der Waals surface area contributed by atoms with Crippen LogP contribution in [0.25, 0.3) is 0 Å². The molecule has 3 fully saturated rings.